The Hall–Kier alpha value is -1.86. The molecule has 7 heteroatoms. The fourth-order valence-electron chi connectivity index (χ4n) is 2.11. The minimum absolute atomic E-state index is 0.367. The number of aromatic amines is 1. The number of aryl methyl sites for hydroxylation is 1. The van der Waals surface area contributed by atoms with E-state index >= 15 is 0 Å². The van der Waals surface area contributed by atoms with Gasteiger partial charge in [-0.2, -0.15) is 0 Å². The third-order valence-corrected chi connectivity index (χ3v) is 3.69. The summed E-state index contributed by atoms with van der Waals surface area (Å²) >= 11 is 3.47. The Balaban J connectivity index is 2.14. The summed E-state index contributed by atoms with van der Waals surface area (Å²) in [6.45, 7) is 0.658. The van der Waals surface area contributed by atoms with Crippen molar-refractivity contribution < 1.29 is 4.42 Å². The van der Waals surface area contributed by atoms with Crippen LogP contribution in [0.1, 0.15) is 5.82 Å². The van der Waals surface area contributed by atoms with Gasteiger partial charge < -0.3 is 14.7 Å². The fourth-order valence-corrected chi connectivity index (χ4v) is 2.66. The number of oxazole rings is 1. The van der Waals surface area contributed by atoms with E-state index in [1.54, 1.807) is 13.1 Å². The van der Waals surface area contributed by atoms with Crippen LogP contribution in [0.2, 0.25) is 0 Å². The van der Waals surface area contributed by atoms with E-state index in [1.807, 2.05) is 19.2 Å². The fraction of sp³-hybridized carbons (Fsp3) is 0.231. The predicted molar refractivity (Wildman–Crippen MR) is 79.5 cm³/mol. The van der Waals surface area contributed by atoms with Crippen LogP contribution in [0, 0.1) is 0 Å². The topological polar surface area (TPSA) is 75.8 Å². The lowest BCUT2D eigenvalue weighted by Gasteiger charge is -1.99. The molecule has 2 heterocycles. The molecule has 104 valence electrons. The van der Waals surface area contributed by atoms with Crippen molar-refractivity contribution in [2.75, 3.05) is 7.05 Å². The average molecular weight is 337 g/mol. The summed E-state index contributed by atoms with van der Waals surface area (Å²) in [5.74, 6) is 0.477. The van der Waals surface area contributed by atoms with E-state index in [4.69, 9.17) is 4.42 Å². The first-order chi connectivity index (χ1) is 9.60. The molecular weight excluding hydrogens is 324 g/mol. The predicted octanol–water partition coefficient (Wildman–Crippen LogP) is 2.00. The van der Waals surface area contributed by atoms with Crippen LogP contribution in [0.25, 0.3) is 22.4 Å². The molecule has 20 heavy (non-hydrogen) atoms. The smallest absolute Gasteiger partial charge is 0.408 e. The van der Waals surface area contributed by atoms with E-state index in [2.05, 4.69) is 31.2 Å². The zero-order valence-electron chi connectivity index (χ0n) is 11.0. The van der Waals surface area contributed by atoms with Gasteiger partial charge in [0, 0.05) is 12.6 Å². The lowest BCUT2D eigenvalue weighted by atomic mass is 10.1. The van der Waals surface area contributed by atoms with Gasteiger partial charge in [0.15, 0.2) is 5.58 Å². The summed E-state index contributed by atoms with van der Waals surface area (Å²) in [6, 6.07) is 5.56. The SMILES string of the molecule is CNCc1nc(-c2ccc3oc(=O)n(C)c3c2)c(Br)[nH]1. The quantitative estimate of drug-likeness (QED) is 0.767. The molecule has 2 aromatic heterocycles. The van der Waals surface area contributed by atoms with E-state index in [0.717, 1.165) is 27.2 Å². The number of fused-ring (bicyclic) bond motifs is 1. The maximum absolute atomic E-state index is 11.5. The van der Waals surface area contributed by atoms with Gasteiger partial charge in [-0.1, -0.05) is 0 Å². The Bertz CT molecular complexity index is 831. The van der Waals surface area contributed by atoms with Crippen molar-refractivity contribution in [3.05, 3.63) is 39.2 Å². The largest absolute Gasteiger partial charge is 0.419 e. The number of rotatable bonds is 3. The van der Waals surface area contributed by atoms with Crippen LogP contribution in [-0.2, 0) is 13.6 Å². The standard InChI is InChI=1S/C13H13BrN4O2/c1-15-6-10-16-11(12(14)17-10)7-3-4-9-8(5-7)18(2)13(19)20-9/h3-5,15H,6H2,1-2H3,(H,16,17). The Labute approximate surface area is 122 Å². The molecule has 0 aliphatic carbocycles. The summed E-state index contributed by atoms with van der Waals surface area (Å²) in [7, 11) is 3.55. The molecule has 1 aromatic carbocycles. The molecule has 3 rings (SSSR count). The van der Waals surface area contributed by atoms with Gasteiger partial charge in [-0.3, -0.25) is 4.57 Å². The van der Waals surface area contributed by atoms with Crippen LogP contribution < -0.4 is 11.1 Å². The van der Waals surface area contributed by atoms with Gasteiger partial charge in [0.05, 0.1) is 12.1 Å². The number of halogens is 1. The number of imidazole rings is 1. The molecule has 0 saturated carbocycles. The zero-order chi connectivity index (χ0) is 14.3. The first kappa shape index (κ1) is 13.1. The highest BCUT2D eigenvalue weighted by Gasteiger charge is 2.13. The third-order valence-electron chi connectivity index (χ3n) is 3.12. The van der Waals surface area contributed by atoms with Gasteiger partial charge in [-0.15, -0.1) is 0 Å². The number of nitrogens with one attached hydrogen (secondary N) is 2. The number of H-pyrrole nitrogens is 1. The second kappa shape index (κ2) is 4.92. The molecule has 0 aliphatic rings. The minimum Gasteiger partial charge on any atom is -0.408 e. The van der Waals surface area contributed by atoms with Gasteiger partial charge >= 0.3 is 5.76 Å². The number of hydrogen-bond donors (Lipinski definition) is 2. The highest BCUT2D eigenvalue weighted by molar-refractivity contribution is 9.10. The number of nitrogens with zero attached hydrogens (tertiary/aromatic N) is 2. The van der Waals surface area contributed by atoms with Crippen molar-refractivity contribution in [1.82, 2.24) is 19.9 Å². The Morgan fingerprint density at radius 2 is 2.30 bits per heavy atom. The van der Waals surface area contributed by atoms with E-state index in [-0.39, 0.29) is 5.76 Å². The molecule has 0 radical (unpaired) electrons. The molecule has 6 nitrogen and oxygen atoms in total. The summed E-state index contributed by atoms with van der Waals surface area (Å²) in [5.41, 5.74) is 3.05. The Morgan fingerprint density at radius 1 is 1.50 bits per heavy atom. The molecule has 2 N–H and O–H groups in total. The second-order valence-corrected chi connectivity index (χ2v) is 5.28. The first-order valence-corrected chi connectivity index (χ1v) is 6.88. The van der Waals surface area contributed by atoms with Gasteiger partial charge in [-0.25, -0.2) is 9.78 Å². The lowest BCUT2D eigenvalue weighted by molar-refractivity contribution is 0.528. The van der Waals surface area contributed by atoms with Crippen molar-refractivity contribution in [2.45, 2.75) is 6.54 Å². The maximum Gasteiger partial charge on any atom is 0.419 e. The monoisotopic (exact) mass is 336 g/mol. The highest BCUT2D eigenvalue weighted by Crippen LogP contribution is 2.28. The molecule has 0 spiro atoms. The molecule has 0 unspecified atom stereocenters. The molecule has 3 aromatic rings. The summed E-state index contributed by atoms with van der Waals surface area (Å²) < 4.78 is 7.42. The molecule has 0 amide bonds. The van der Waals surface area contributed by atoms with Gasteiger partial charge in [0.2, 0.25) is 0 Å². The zero-order valence-corrected chi connectivity index (χ0v) is 12.6. The summed E-state index contributed by atoms with van der Waals surface area (Å²) in [5, 5.41) is 3.04. The van der Waals surface area contributed by atoms with Crippen molar-refractivity contribution >= 4 is 27.0 Å². The molecule has 0 atom stereocenters. The van der Waals surface area contributed by atoms with Crippen LogP contribution in [-0.4, -0.2) is 21.6 Å². The Morgan fingerprint density at radius 3 is 3.05 bits per heavy atom. The van der Waals surface area contributed by atoms with E-state index < -0.39 is 0 Å². The van der Waals surface area contributed by atoms with Crippen LogP contribution in [0.15, 0.2) is 32.0 Å². The average Bonchev–Trinajstić information content (AvgIpc) is 2.92. The Kier molecular flexibility index (Phi) is 3.23. The summed E-state index contributed by atoms with van der Waals surface area (Å²) in [4.78, 5) is 19.2. The first-order valence-electron chi connectivity index (χ1n) is 6.09. The van der Waals surface area contributed by atoms with Crippen molar-refractivity contribution in [2.24, 2.45) is 7.05 Å². The van der Waals surface area contributed by atoms with Crippen molar-refractivity contribution in [3.63, 3.8) is 0 Å². The van der Waals surface area contributed by atoms with Crippen LogP contribution in [0.3, 0.4) is 0 Å². The molecule has 0 fully saturated rings. The normalized spacial score (nSPS) is 11.3. The lowest BCUT2D eigenvalue weighted by Crippen LogP contribution is -2.08. The number of hydrogen-bond acceptors (Lipinski definition) is 4. The van der Waals surface area contributed by atoms with E-state index in [0.29, 0.717) is 12.1 Å². The number of aromatic nitrogens is 3. The van der Waals surface area contributed by atoms with Crippen molar-refractivity contribution in [3.8, 4) is 11.3 Å². The van der Waals surface area contributed by atoms with Gasteiger partial charge in [0.25, 0.3) is 0 Å². The van der Waals surface area contributed by atoms with Crippen LogP contribution >= 0.6 is 15.9 Å². The molecule has 0 saturated heterocycles. The molecular formula is C13H13BrN4O2. The number of benzene rings is 1. The highest BCUT2D eigenvalue weighted by atomic mass is 79.9. The van der Waals surface area contributed by atoms with Crippen LogP contribution in [0.4, 0.5) is 0 Å². The van der Waals surface area contributed by atoms with Gasteiger partial charge in [-0.05, 0) is 41.2 Å². The van der Waals surface area contributed by atoms with Crippen molar-refractivity contribution in [1.29, 1.82) is 0 Å². The maximum atomic E-state index is 11.5. The molecule has 0 bridgehead atoms. The molecule has 0 aliphatic heterocycles. The third kappa shape index (κ3) is 2.08. The van der Waals surface area contributed by atoms with E-state index in [1.165, 1.54) is 4.57 Å². The minimum atomic E-state index is -0.367. The second-order valence-electron chi connectivity index (χ2n) is 4.49. The van der Waals surface area contributed by atoms with Gasteiger partial charge in [0.1, 0.15) is 16.1 Å². The van der Waals surface area contributed by atoms with Crippen LogP contribution in [0.5, 0.6) is 0 Å². The van der Waals surface area contributed by atoms with E-state index in [9.17, 15) is 4.79 Å². The summed E-state index contributed by atoms with van der Waals surface area (Å²) in [6.07, 6.45) is 0.